The normalized spacial score (nSPS) is 20.8. The first kappa shape index (κ1) is 18.7. The molecule has 0 amide bonds. The van der Waals surface area contributed by atoms with Crippen molar-refractivity contribution >= 4 is 5.82 Å². The van der Waals surface area contributed by atoms with E-state index in [1.165, 1.54) is 4.68 Å². The van der Waals surface area contributed by atoms with Crippen LogP contribution >= 0.6 is 0 Å². The first-order valence-corrected chi connectivity index (χ1v) is 10.1. The van der Waals surface area contributed by atoms with Gasteiger partial charge in [-0.05, 0) is 37.1 Å². The van der Waals surface area contributed by atoms with Crippen LogP contribution < -0.4 is 15.6 Å². The lowest BCUT2D eigenvalue weighted by atomic mass is 10.1. The van der Waals surface area contributed by atoms with Crippen LogP contribution in [0.4, 0.5) is 5.82 Å². The third-order valence-electron chi connectivity index (χ3n) is 5.51. The van der Waals surface area contributed by atoms with E-state index in [0.29, 0.717) is 24.8 Å². The average molecular weight is 405 g/mol. The van der Waals surface area contributed by atoms with Crippen LogP contribution in [0.25, 0.3) is 11.3 Å². The smallest absolute Gasteiger partial charge is 0.267 e. The molecule has 8 heteroatoms. The summed E-state index contributed by atoms with van der Waals surface area (Å²) in [5, 5.41) is 8.06. The predicted molar refractivity (Wildman–Crippen MR) is 112 cm³/mol. The van der Waals surface area contributed by atoms with Gasteiger partial charge in [0.25, 0.3) is 5.56 Å². The third-order valence-corrected chi connectivity index (χ3v) is 5.51. The maximum absolute atomic E-state index is 12.6. The number of hydrogen-bond donors (Lipinski definition) is 1. The summed E-state index contributed by atoms with van der Waals surface area (Å²) in [6.07, 6.45) is 4.08. The average Bonchev–Trinajstić information content (AvgIpc) is 3.54. The first-order valence-electron chi connectivity index (χ1n) is 10.1. The molecule has 0 spiro atoms. The summed E-state index contributed by atoms with van der Waals surface area (Å²) < 4.78 is 12.5. The zero-order valence-electron chi connectivity index (χ0n) is 16.7. The number of nitrogens with one attached hydrogen (secondary N) is 1. The lowest BCUT2D eigenvalue weighted by molar-refractivity contribution is 0.183. The van der Waals surface area contributed by atoms with Crippen molar-refractivity contribution in [1.82, 2.24) is 19.7 Å². The second-order valence-corrected chi connectivity index (χ2v) is 7.66. The van der Waals surface area contributed by atoms with E-state index >= 15 is 0 Å². The Bertz CT molecular complexity index is 1110. The summed E-state index contributed by atoms with van der Waals surface area (Å²) in [4.78, 5) is 21.6. The Morgan fingerprint density at radius 1 is 1.17 bits per heavy atom. The molecule has 1 N–H and O–H groups in total. The highest BCUT2D eigenvalue weighted by atomic mass is 16.5. The number of benzene rings is 1. The number of aromatic nitrogens is 4. The Balaban J connectivity index is 1.42. The molecule has 154 valence electrons. The van der Waals surface area contributed by atoms with Gasteiger partial charge in [0.2, 0.25) is 0 Å². The van der Waals surface area contributed by atoms with Gasteiger partial charge in [0.15, 0.2) is 0 Å². The minimum absolute atomic E-state index is 0.113. The molecule has 1 aliphatic heterocycles. The van der Waals surface area contributed by atoms with Crippen LogP contribution in [-0.4, -0.2) is 46.1 Å². The molecule has 3 heterocycles. The van der Waals surface area contributed by atoms with Gasteiger partial charge in [0.1, 0.15) is 23.4 Å². The number of ether oxygens (including phenoxy) is 2. The molecule has 2 atom stereocenters. The maximum atomic E-state index is 12.6. The quantitative estimate of drug-likeness (QED) is 0.674. The Hall–Kier alpha value is -3.26. The minimum atomic E-state index is -0.234. The van der Waals surface area contributed by atoms with E-state index < -0.39 is 0 Å². The molecule has 2 fully saturated rings. The molecule has 2 unspecified atom stereocenters. The fraction of sp³-hybridized carbons (Fsp3) is 0.364. The molecule has 1 saturated carbocycles. The van der Waals surface area contributed by atoms with Gasteiger partial charge in [-0.15, -0.1) is 0 Å². The summed E-state index contributed by atoms with van der Waals surface area (Å²) in [6.45, 7) is 0.887. The molecule has 0 bridgehead atoms. The van der Waals surface area contributed by atoms with Gasteiger partial charge >= 0.3 is 0 Å². The fourth-order valence-electron chi connectivity index (χ4n) is 3.70. The number of methoxy groups -OCH3 is 1. The zero-order chi connectivity index (χ0) is 20.5. The highest BCUT2D eigenvalue weighted by Gasteiger charge is 2.32. The minimum Gasteiger partial charge on any atom is -0.497 e. The van der Waals surface area contributed by atoms with Gasteiger partial charge < -0.3 is 14.8 Å². The van der Waals surface area contributed by atoms with Crippen molar-refractivity contribution in [2.24, 2.45) is 0 Å². The van der Waals surface area contributed by atoms with E-state index in [9.17, 15) is 4.79 Å². The van der Waals surface area contributed by atoms with Crippen LogP contribution in [-0.2, 0) is 4.74 Å². The topological polar surface area (TPSA) is 91.2 Å². The van der Waals surface area contributed by atoms with E-state index in [4.69, 9.17) is 9.47 Å². The van der Waals surface area contributed by atoms with Crippen LogP contribution in [0.15, 0.2) is 53.5 Å². The van der Waals surface area contributed by atoms with E-state index in [1.807, 2.05) is 30.3 Å². The molecule has 8 nitrogen and oxygen atoms in total. The lowest BCUT2D eigenvalue weighted by Gasteiger charge is -2.21. The summed E-state index contributed by atoms with van der Waals surface area (Å²) >= 11 is 0. The third kappa shape index (κ3) is 3.78. The Labute approximate surface area is 173 Å². The molecule has 0 radical (unpaired) electrons. The second-order valence-electron chi connectivity index (χ2n) is 7.66. The number of anilines is 1. The van der Waals surface area contributed by atoms with Crippen molar-refractivity contribution in [2.45, 2.75) is 30.8 Å². The highest BCUT2D eigenvalue weighted by molar-refractivity contribution is 5.60. The summed E-state index contributed by atoms with van der Waals surface area (Å²) in [7, 11) is 1.63. The number of nitrogens with zero attached hydrogens (tertiary/aromatic N) is 4. The highest BCUT2D eigenvalue weighted by Crippen LogP contribution is 2.38. The molecule has 5 rings (SSSR count). The van der Waals surface area contributed by atoms with Crippen LogP contribution in [0.2, 0.25) is 0 Å². The van der Waals surface area contributed by atoms with Gasteiger partial charge in [-0.3, -0.25) is 4.79 Å². The van der Waals surface area contributed by atoms with E-state index in [2.05, 4.69) is 20.4 Å². The van der Waals surface area contributed by atoms with Crippen LogP contribution in [0.5, 0.6) is 5.75 Å². The summed E-state index contributed by atoms with van der Waals surface area (Å²) in [5.41, 5.74) is 1.43. The predicted octanol–water partition coefficient (Wildman–Crippen LogP) is 2.64. The lowest BCUT2D eigenvalue weighted by Crippen LogP contribution is -2.37. The van der Waals surface area contributed by atoms with Gasteiger partial charge in [0, 0.05) is 23.7 Å². The Morgan fingerprint density at radius 3 is 2.90 bits per heavy atom. The van der Waals surface area contributed by atoms with E-state index in [0.717, 1.165) is 35.8 Å². The van der Waals surface area contributed by atoms with Crippen molar-refractivity contribution in [1.29, 1.82) is 0 Å². The summed E-state index contributed by atoms with van der Waals surface area (Å²) in [5.74, 6) is 2.85. The van der Waals surface area contributed by atoms with E-state index in [1.54, 1.807) is 25.4 Å². The molecule has 2 aliphatic rings. The van der Waals surface area contributed by atoms with Crippen LogP contribution in [0.3, 0.4) is 0 Å². The van der Waals surface area contributed by atoms with E-state index in [-0.39, 0.29) is 17.6 Å². The largest absolute Gasteiger partial charge is 0.497 e. The van der Waals surface area contributed by atoms with Gasteiger partial charge in [-0.1, -0.05) is 12.1 Å². The number of hydrogen-bond acceptors (Lipinski definition) is 7. The van der Waals surface area contributed by atoms with Gasteiger partial charge in [0.05, 0.1) is 32.1 Å². The SMILES string of the molecule is COc1cccc(-c2ccc(=O)n(C3COCC3Nc3ccnc(C4CC4)n3)n2)c1. The first-order chi connectivity index (χ1) is 14.7. The Morgan fingerprint density at radius 2 is 2.07 bits per heavy atom. The molecule has 1 aliphatic carbocycles. The standard InChI is InChI=1S/C22H23N5O3/c1-29-16-4-2-3-15(11-16)17-7-8-21(28)27(26-17)19-13-30-12-18(19)24-20-9-10-23-22(25-20)14-5-6-14/h2-4,7-11,14,18-19H,5-6,12-13H2,1H3,(H,23,24,25). The van der Waals surface area contributed by atoms with Crippen LogP contribution in [0, 0.1) is 0 Å². The summed E-state index contributed by atoms with van der Waals surface area (Å²) in [6, 6.07) is 12.4. The number of rotatable bonds is 6. The van der Waals surface area contributed by atoms with Crippen LogP contribution in [0.1, 0.15) is 30.6 Å². The van der Waals surface area contributed by atoms with Gasteiger partial charge in [-0.25, -0.2) is 14.6 Å². The zero-order valence-corrected chi connectivity index (χ0v) is 16.7. The van der Waals surface area contributed by atoms with Crippen molar-refractivity contribution in [3.05, 3.63) is 64.8 Å². The van der Waals surface area contributed by atoms with Crippen molar-refractivity contribution in [3.8, 4) is 17.0 Å². The molecule has 1 saturated heterocycles. The van der Waals surface area contributed by atoms with Crippen molar-refractivity contribution in [3.63, 3.8) is 0 Å². The van der Waals surface area contributed by atoms with Crippen molar-refractivity contribution < 1.29 is 9.47 Å². The fourth-order valence-corrected chi connectivity index (χ4v) is 3.70. The molecular weight excluding hydrogens is 382 g/mol. The van der Waals surface area contributed by atoms with Crippen molar-refractivity contribution in [2.75, 3.05) is 25.6 Å². The molecule has 2 aromatic heterocycles. The molecule has 1 aromatic carbocycles. The molecule has 3 aromatic rings. The van der Waals surface area contributed by atoms with Gasteiger partial charge in [-0.2, -0.15) is 5.10 Å². The molecular formula is C22H23N5O3. The maximum Gasteiger partial charge on any atom is 0.267 e. The molecule has 30 heavy (non-hydrogen) atoms. The second kappa shape index (κ2) is 7.87. The monoisotopic (exact) mass is 405 g/mol. The Kier molecular flexibility index (Phi) is 4.92.